The van der Waals surface area contributed by atoms with Crippen molar-refractivity contribution in [3.63, 3.8) is 0 Å². The van der Waals surface area contributed by atoms with E-state index in [1.54, 1.807) is 48.5 Å². The van der Waals surface area contributed by atoms with E-state index in [1.165, 1.54) is 0 Å². The number of ketones is 1. The van der Waals surface area contributed by atoms with E-state index in [2.05, 4.69) is 31.9 Å². The Balaban J connectivity index is 1.95. The summed E-state index contributed by atoms with van der Waals surface area (Å²) in [4.78, 5) is 25.7. The van der Waals surface area contributed by atoms with Crippen molar-refractivity contribution < 1.29 is 14.3 Å². The van der Waals surface area contributed by atoms with Crippen LogP contribution in [0.5, 0.6) is 0 Å². The molecule has 130 valence electrons. The summed E-state index contributed by atoms with van der Waals surface area (Å²) in [5.41, 5.74) is 1.46. The number of hydrogen-bond donors (Lipinski definition) is 0. The van der Waals surface area contributed by atoms with Crippen LogP contribution in [0.1, 0.15) is 32.4 Å². The highest BCUT2D eigenvalue weighted by Gasteiger charge is 2.27. The minimum Gasteiger partial charge on any atom is -0.445 e. The standard InChI is InChI=1S/C21H14Br2O3/c22-16-11-12-18(23)17(13-16)21(25)26-20(15-9-5-2-6-10-15)19(24)14-7-3-1-4-8-14/h1-13,20H/t20-/m0/s1. The summed E-state index contributed by atoms with van der Waals surface area (Å²) in [5, 5.41) is 0. The van der Waals surface area contributed by atoms with E-state index in [4.69, 9.17) is 4.74 Å². The van der Waals surface area contributed by atoms with Gasteiger partial charge in [-0.2, -0.15) is 0 Å². The molecule has 0 fully saturated rings. The minimum absolute atomic E-state index is 0.267. The fourth-order valence-corrected chi connectivity index (χ4v) is 3.25. The van der Waals surface area contributed by atoms with E-state index in [-0.39, 0.29) is 5.78 Å². The van der Waals surface area contributed by atoms with E-state index in [1.807, 2.05) is 30.3 Å². The molecule has 5 heteroatoms. The van der Waals surface area contributed by atoms with Crippen molar-refractivity contribution in [1.82, 2.24) is 0 Å². The smallest absolute Gasteiger partial charge is 0.340 e. The Morgan fingerprint density at radius 2 is 1.42 bits per heavy atom. The van der Waals surface area contributed by atoms with Gasteiger partial charge in [-0.25, -0.2) is 4.79 Å². The molecule has 0 N–H and O–H groups in total. The number of esters is 1. The Morgan fingerprint density at radius 1 is 0.808 bits per heavy atom. The average Bonchev–Trinajstić information content (AvgIpc) is 2.68. The number of rotatable bonds is 5. The van der Waals surface area contributed by atoms with Crippen molar-refractivity contribution in [3.8, 4) is 0 Å². The predicted octanol–water partition coefficient (Wildman–Crippen LogP) is 5.99. The highest BCUT2D eigenvalue weighted by molar-refractivity contribution is 9.11. The molecular formula is C21H14Br2O3. The molecule has 0 unspecified atom stereocenters. The maximum Gasteiger partial charge on any atom is 0.340 e. The van der Waals surface area contributed by atoms with Crippen LogP contribution in [0.4, 0.5) is 0 Å². The van der Waals surface area contributed by atoms with Crippen LogP contribution in [0, 0.1) is 0 Å². The van der Waals surface area contributed by atoms with Gasteiger partial charge in [0, 0.05) is 20.1 Å². The summed E-state index contributed by atoms with van der Waals surface area (Å²) >= 11 is 6.70. The highest BCUT2D eigenvalue weighted by Crippen LogP contribution is 2.27. The number of carbonyl (C=O) groups excluding carboxylic acids is 2. The zero-order valence-electron chi connectivity index (χ0n) is 13.6. The molecule has 0 aliphatic heterocycles. The SMILES string of the molecule is O=C(O[C@H](C(=O)c1ccccc1)c1ccccc1)c1cc(Br)ccc1Br. The second-order valence-corrected chi connectivity index (χ2v) is 7.32. The second kappa shape index (κ2) is 8.43. The lowest BCUT2D eigenvalue weighted by Gasteiger charge is -2.18. The molecule has 3 aromatic carbocycles. The molecule has 0 radical (unpaired) electrons. The molecule has 0 aromatic heterocycles. The van der Waals surface area contributed by atoms with Gasteiger partial charge < -0.3 is 4.74 Å². The Bertz CT molecular complexity index is 925. The van der Waals surface area contributed by atoms with Crippen LogP contribution in [-0.2, 0) is 4.74 Å². The topological polar surface area (TPSA) is 43.4 Å². The summed E-state index contributed by atoms with van der Waals surface area (Å²) in [6.45, 7) is 0. The van der Waals surface area contributed by atoms with Crippen LogP contribution < -0.4 is 0 Å². The minimum atomic E-state index is -1.02. The number of halogens is 2. The first-order chi connectivity index (χ1) is 12.6. The normalized spacial score (nSPS) is 11.6. The zero-order valence-corrected chi connectivity index (χ0v) is 16.7. The first-order valence-electron chi connectivity index (χ1n) is 7.86. The molecule has 0 aliphatic rings. The van der Waals surface area contributed by atoms with Crippen LogP contribution >= 0.6 is 31.9 Å². The van der Waals surface area contributed by atoms with Crippen molar-refractivity contribution in [2.24, 2.45) is 0 Å². The van der Waals surface area contributed by atoms with Gasteiger partial charge in [-0.05, 0) is 34.1 Å². The molecule has 1 atom stereocenters. The van der Waals surface area contributed by atoms with Gasteiger partial charge in [0.1, 0.15) is 0 Å². The monoisotopic (exact) mass is 472 g/mol. The van der Waals surface area contributed by atoms with Crippen molar-refractivity contribution in [3.05, 3.63) is 104 Å². The van der Waals surface area contributed by atoms with E-state index in [0.29, 0.717) is 21.2 Å². The summed E-state index contributed by atoms with van der Waals surface area (Å²) in [6, 6.07) is 23.0. The Labute approximate surface area is 168 Å². The van der Waals surface area contributed by atoms with Gasteiger partial charge in [0.2, 0.25) is 5.78 Å². The third-order valence-corrected chi connectivity index (χ3v) is 4.96. The maximum absolute atomic E-state index is 13.0. The molecule has 0 aliphatic carbocycles. The van der Waals surface area contributed by atoms with Gasteiger partial charge in [0.25, 0.3) is 0 Å². The largest absolute Gasteiger partial charge is 0.445 e. The van der Waals surface area contributed by atoms with E-state index in [9.17, 15) is 9.59 Å². The van der Waals surface area contributed by atoms with Crippen LogP contribution in [0.25, 0.3) is 0 Å². The van der Waals surface area contributed by atoms with Crippen molar-refractivity contribution in [2.45, 2.75) is 6.10 Å². The first kappa shape index (κ1) is 18.5. The average molecular weight is 474 g/mol. The molecule has 3 aromatic rings. The summed E-state index contributed by atoms with van der Waals surface area (Å²) in [5.74, 6) is -0.840. The quantitative estimate of drug-likeness (QED) is 0.337. The van der Waals surface area contributed by atoms with Crippen molar-refractivity contribution >= 4 is 43.6 Å². The second-order valence-electron chi connectivity index (χ2n) is 5.55. The van der Waals surface area contributed by atoms with Gasteiger partial charge in [-0.1, -0.05) is 76.6 Å². The highest BCUT2D eigenvalue weighted by atomic mass is 79.9. The lowest BCUT2D eigenvalue weighted by molar-refractivity contribution is 0.0279. The van der Waals surface area contributed by atoms with Crippen LogP contribution in [0.15, 0.2) is 87.8 Å². The summed E-state index contributed by atoms with van der Waals surface area (Å²) < 4.78 is 6.99. The molecule has 0 spiro atoms. The number of Topliss-reactive ketones (excluding diaryl/α,β-unsaturated/α-hetero) is 1. The Morgan fingerprint density at radius 3 is 2.08 bits per heavy atom. The molecule has 0 saturated carbocycles. The molecule has 0 heterocycles. The molecule has 3 nitrogen and oxygen atoms in total. The van der Waals surface area contributed by atoms with E-state index in [0.717, 1.165) is 4.47 Å². The van der Waals surface area contributed by atoms with Gasteiger partial charge in [0.15, 0.2) is 6.10 Å². The van der Waals surface area contributed by atoms with Gasteiger partial charge >= 0.3 is 5.97 Å². The molecule has 3 rings (SSSR count). The van der Waals surface area contributed by atoms with Gasteiger partial charge in [0.05, 0.1) is 5.56 Å². The van der Waals surface area contributed by atoms with Crippen LogP contribution in [0.2, 0.25) is 0 Å². The van der Waals surface area contributed by atoms with Gasteiger partial charge in [-0.3, -0.25) is 4.79 Å². The lowest BCUT2D eigenvalue weighted by atomic mass is 10.00. The lowest BCUT2D eigenvalue weighted by Crippen LogP contribution is -2.20. The third kappa shape index (κ3) is 4.29. The van der Waals surface area contributed by atoms with Crippen molar-refractivity contribution in [2.75, 3.05) is 0 Å². The maximum atomic E-state index is 13.0. The fraction of sp³-hybridized carbons (Fsp3) is 0.0476. The Hall–Kier alpha value is -2.24. The molecule has 26 heavy (non-hydrogen) atoms. The molecular weight excluding hydrogens is 460 g/mol. The van der Waals surface area contributed by atoms with Gasteiger partial charge in [-0.15, -0.1) is 0 Å². The number of ether oxygens (including phenoxy) is 1. The van der Waals surface area contributed by atoms with Crippen LogP contribution in [-0.4, -0.2) is 11.8 Å². The molecule has 0 amide bonds. The summed E-state index contributed by atoms with van der Waals surface area (Å²) in [6.07, 6.45) is -1.02. The number of carbonyl (C=O) groups is 2. The van der Waals surface area contributed by atoms with E-state index >= 15 is 0 Å². The predicted molar refractivity (Wildman–Crippen MR) is 107 cm³/mol. The molecule has 0 bridgehead atoms. The third-order valence-electron chi connectivity index (χ3n) is 3.77. The van der Waals surface area contributed by atoms with Crippen molar-refractivity contribution in [1.29, 1.82) is 0 Å². The summed E-state index contributed by atoms with van der Waals surface area (Å²) in [7, 11) is 0. The fourth-order valence-electron chi connectivity index (χ4n) is 2.48. The number of hydrogen-bond acceptors (Lipinski definition) is 3. The van der Waals surface area contributed by atoms with E-state index < -0.39 is 12.1 Å². The molecule has 0 saturated heterocycles. The van der Waals surface area contributed by atoms with Crippen LogP contribution in [0.3, 0.4) is 0 Å². The Kier molecular flexibility index (Phi) is 6.01. The first-order valence-corrected chi connectivity index (χ1v) is 9.45. The number of benzene rings is 3. The zero-order chi connectivity index (χ0) is 18.5.